The number of thioether (sulfide) groups is 1. The normalized spacial score (nSPS) is 10.3. The van der Waals surface area contributed by atoms with Crippen molar-refractivity contribution in [3.8, 4) is 0 Å². The molecule has 1 aromatic rings. The lowest BCUT2D eigenvalue weighted by molar-refractivity contribution is -0.133. The van der Waals surface area contributed by atoms with E-state index in [4.69, 9.17) is 10.2 Å². The van der Waals surface area contributed by atoms with Gasteiger partial charge in [0.25, 0.3) is 0 Å². The van der Waals surface area contributed by atoms with Crippen LogP contribution in [0.25, 0.3) is 0 Å². The minimum absolute atomic E-state index is 0.0769. The number of nitrogens with one attached hydrogen (secondary N) is 1. The number of carbonyl (C=O) groups is 1. The monoisotopic (exact) mass is 241 g/mol. The Balaban J connectivity index is 2.46. The average molecular weight is 241 g/mol. The standard InChI is InChI=1S/C11H15NO3S/c13-5-4-12-7-9-2-1-3-10(6-9)16-8-11(14)15/h1-3,6,12-13H,4-5,7-8H2,(H,14,15). The second kappa shape index (κ2) is 7.27. The van der Waals surface area contributed by atoms with Gasteiger partial charge in [0.2, 0.25) is 0 Å². The lowest BCUT2D eigenvalue weighted by Gasteiger charge is -2.05. The van der Waals surface area contributed by atoms with Gasteiger partial charge in [0, 0.05) is 18.0 Å². The van der Waals surface area contributed by atoms with Crippen molar-refractivity contribution in [1.82, 2.24) is 5.32 Å². The lowest BCUT2D eigenvalue weighted by Crippen LogP contribution is -2.17. The van der Waals surface area contributed by atoms with Crippen LogP contribution in [0.15, 0.2) is 29.2 Å². The maximum Gasteiger partial charge on any atom is 0.313 e. The smallest absolute Gasteiger partial charge is 0.313 e. The molecule has 3 N–H and O–H groups in total. The van der Waals surface area contributed by atoms with Crippen LogP contribution >= 0.6 is 11.8 Å². The topological polar surface area (TPSA) is 69.6 Å². The van der Waals surface area contributed by atoms with Gasteiger partial charge in [-0.05, 0) is 17.7 Å². The van der Waals surface area contributed by atoms with Crippen LogP contribution in [-0.2, 0) is 11.3 Å². The highest BCUT2D eigenvalue weighted by atomic mass is 32.2. The van der Waals surface area contributed by atoms with Gasteiger partial charge in [-0.15, -0.1) is 11.8 Å². The van der Waals surface area contributed by atoms with Crippen LogP contribution in [0, 0.1) is 0 Å². The first-order chi connectivity index (χ1) is 7.72. The van der Waals surface area contributed by atoms with Crippen molar-refractivity contribution >= 4 is 17.7 Å². The highest BCUT2D eigenvalue weighted by Gasteiger charge is 2.00. The fraction of sp³-hybridized carbons (Fsp3) is 0.364. The van der Waals surface area contributed by atoms with Crippen LogP contribution in [0.5, 0.6) is 0 Å². The van der Waals surface area contributed by atoms with Crippen LogP contribution in [0.3, 0.4) is 0 Å². The Hall–Kier alpha value is -1.04. The predicted octanol–water partition coefficient (Wildman–Crippen LogP) is 0.945. The summed E-state index contributed by atoms with van der Waals surface area (Å²) in [4.78, 5) is 11.4. The van der Waals surface area contributed by atoms with Crippen LogP contribution in [-0.4, -0.2) is 35.1 Å². The van der Waals surface area contributed by atoms with E-state index in [2.05, 4.69) is 5.32 Å². The van der Waals surface area contributed by atoms with Crippen LogP contribution in [0.2, 0.25) is 0 Å². The molecule has 4 nitrogen and oxygen atoms in total. The largest absolute Gasteiger partial charge is 0.481 e. The molecule has 0 unspecified atom stereocenters. The fourth-order valence-corrected chi connectivity index (χ4v) is 1.90. The Labute approximate surface area is 98.7 Å². The highest BCUT2D eigenvalue weighted by Crippen LogP contribution is 2.18. The number of benzene rings is 1. The quantitative estimate of drug-likeness (QED) is 0.490. The Morgan fingerprint density at radius 3 is 2.94 bits per heavy atom. The van der Waals surface area contributed by atoms with E-state index in [9.17, 15) is 4.79 Å². The summed E-state index contributed by atoms with van der Waals surface area (Å²) in [6.45, 7) is 1.36. The summed E-state index contributed by atoms with van der Waals surface area (Å²) in [5, 5.41) is 20.2. The third kappa shape index (κ3) is 5.16. The lowest BCUT2D eigenvalue weighted by atomic mass is 10.2. The molecule has 88 valence electrons. The van der Waals surface area contributed by atoms with Crippen molar-refractivity contribution in [2.24, 2.45) is 0 Å². The number of carboxylic acids is 1. The molecule has 1 aromatic carbocycles. The van der Waals surface area contributed by atoms with Gasteiger partial charge in [0.1, 0.15) is 0 Å². The third-order valence-electron chi connectivity index (χ3n) is 1.88. The van der Waals surface area contributed by atoms with E-state index in [1.165, 1.54) is 11.8 Å². The van der Waals surface area contributed by atoms with E-state index in [0.29, 0.717) is 13.1 Å². The fourth-order valence-electron chi connectivity index (χ4n) is 1.20. The third-order valence-corrected chi connectivity index (χ3v) is 2.86. The summed E-state index contributed by atoms with van der Waals surface area (Å²) in [6.07, 6.45) is 0. The molecule has 1 rings (SSSR count). The molecule has 5 heteroatoms. The molecule has 0 atom stereocenters. The van der Waals surface area contributed by atoms with Crippen molar-refractivity contribution in [3.63, 3.8) is 0 Å². The zero-order valence-corrected chi connectivity index (χ0v) is 9.67. The summed E-state index contributed by atoms with van der Waals surface area (Å²) in [6, 6.07) is 7.72. The molecule has 0 bridgehead atoms. The molecule has 0 radical (unpaired) electrons. The molecule has 0 aliphatic heterocycles. The van der Waals surface area contributed by atoms with Crippen molar-refractivity contribution in [3.05, 3.63) is 29.8 Å². The van der Waals surface area contributed by atoms with Crippen molar-refractivity contribution < 1.29 is 15.0 Å². The SMILES string of the molecule is O=C(O)CSc1cccc(CNCCO)c1. The molecule has 0 heterocycles. The van der Waals surface area contributed by atoms with Gasteiger partial charge in [0.15, 0.2) is 0 Å². The second-order valence-corrected chi connectivity index (χ2v) is 4.28. The Morgan fingerprint density at radius 1 is 1.44 bits per heavy atom. The zero-order valence-electron chi connectivity index (χ0n) is 8.85. The molecule has 0 aliphatic carbocycles. The van der Waals surface area contributed by atoms with Gasteiger partial charge < -0.3 is 15.5 Å². The first kappa shape index (κ1) is 13.0. The van der Waals surface area contributed by atoms with Gasteiger partial charge in [0.05, 0.1) is 12.4 Å². The first-order valence-electron chi connectivity index (χ1n) is 4.97. The Morgan fingerprint density at radius 2 is 2.25 bits per heavy atom. The minimum Gasteiger partial charge on any atom is -0.481 e. The van der Waals surface area contributed by atoms with Crippen LogP contribution in [0.4, 0.5) is 0 Å². The molecular weight excluding hydrogens is 226 g/mol. The van der Waals surface area contributed by atoms with Gasteiger partial charge in [-0.2, -0.15) is 0 Å². The van der Waals surface area contributed by atoms with Gasteiger partial charge >= 0.3 is 5.97 Å². The highest BCUT2D eigenvalue weighted by molar-refractivity contribution is 8.00. The maximum absolute atomic E-state index is 10.4. The number of hydrogen-bond acceptors (Lipinski definition) is 4. The number of carboxylic acid groups (broad SMARTS) is 1. The molecule has 0 saturated heterocycles. The van der Waals surface area contributed by atoms with Crippen molar-refractivity contribution in [1.29, 1.82) is 0 Å². The molecule has 0 aliphatic rings. The molecule has 0 aromatic heterocycles. The van der Waals surface area contributed by atoms with Gasteiger partial charge in [-0.1, -0.05) is 12.1 Å². The minimum atomic E-state index is -0.811. The number of aliphatic hydroxyl groups is 1. The van der Waals surface area contributed by atoms with E-state index >= 15 is 0 Å². The van der Waals surface area contributed by atoms with Gasteiger partial charge in [-0.25, -0.2) is 0 Å². The molecular formula is C11H15NO3S. The molecule has 0 spiro atoms. The number of aliphatic hydroxyl groups excluding tert-OH is 1. The van der Waals surface area contributed by atoms with Crippen LogP contribution < -0.4 is 5.32 Å². The molecule has 0 amide bonds. The first-order valence-corrected chi connectivity index (χ1v) is 5.96. The predicted molar refractivity (Wildman–Crippen MR) is 63.6 cm³/mol. The Bertz CT molecular complexity index is 344. The summed E-state index contributed by atoms with van der Waals surface area (Å²) >= 11 is 1.31. The van der Waals surface area contributed by atoms with E-state index in [-0.39, 0.29) is 12.4 Å². The van der Waals surface area contributed by atoms with E-state index in [1.807, 2.05) is 24.3 Å². The Kier molecular flexibility index (Phi) is 5.92. The molecule has 0 saturated carbocycles. The van der Waals surface area contributed by atoms with E-state index < -0.39 is 5.97 Å². The summed E-state index contributed by atoms with van der Waals surface area (Å²) < 4.78 is 0. The summed E-state index contributed by atoms with van der Waals surface area (Å²) in [5.41, 5.74) is 1.09. The van der Waals surface area contributed by atoms with Gasteiger partial charge in [-0.3, -0.25) is 4.79 Å². The number of rotatable bonds is 7. The zero-order chi connectivity index (χ0) is 11.8. The van der Waals surface area contributed by atoms with Crippen LogP contribution in [0.1, 0.15) is 5.56 Å². The second-order valence-electron chi connectivity index (χ2n) is 3.23. The van der Waals surface area contributed by atoms with E-state index in [0.717, 1.165) is 10.5 Å². The average Bonchev–Trinajstić information content (AvgIpc) is 2.27. The molecule has 16 heavy (non-hydrogen) atoms. The van der Waals surface area contributed by atoms with E-state index in [1.54, 1.807) is 0 Å². The maximum atomic E-state index is 10.4. The number of hydrogen-bond donors (Lipinski definition) is 3. The number of aliphatic carboxylic acids is 1. The summed E-state index contributed by atoms with van der Waals surface area (Å²) in [7, 11) is 0. The summed E-state index contributed by atoms with van der Waals surface area (Å²) in [5.74, 6) is -0.734. The molecule has 0 fully saturated rings. The van der Waals surface area contributed by atoms with Crippen molar-refractivity contribution in [2.45, 2.75) is 11.4 Å². The van der Waals surface area contributed by atoms with Crippen molar-refractivity contribution in [2.75, 3.05) is 18.9 Å².